The first-order valence-electron chi connectivity index (χ1n) is 5.95. The molecule has 0 spiro atoms. The molecule has 2 unspecified atom stereocenters. The highest BCUT2D eigenvalue weighted by molar-refractivity contribution is 4.78. The third-order valence-corrected chi connectivity index (χ3v) is 3.23. The molecule has 0 aromatic rings. The second-order valence-corrected chi connectivity index (χ2v) is 4.44. The lowest BCUT2D eigenvalue weighted by molar-refractivity contribution is 0.280. The van der Waals surface area contributed by atoms with E-state index in [4.69, 9.17) is 5.26 Å². The van der Waals surface area contributed by atoms with Crippen molar-refractivity contribution in [2.24, 2.45) is 5.92 Å². The van der Waals surface area contributed by atoms with Gasteiger partial charge < -0.3 is 5.32 Å². The van der Waals surface area contributed by atoms with Crippen molar-refractivity contribution in [3.8, 4) is 6.07 Å². The van der Waals surface area contributed by atoms with Crippen molar-refractivity contribution in [2.75, 3.05) is 6.54 Å². The fourth-order valence-electron chi connectivity index (χ4n) is 2.24. The summed E-state index contributed by atoms with van der Waals surface area (Å²) in [5.41, 5.74) is 0. The topological polar surface area (TPSA) is 35.8 Å². The molecule has 1 fully saturated rings. The van der Waals surface area contributed by atoms with Crippen LogP contribution in [-0.4, -0.2) is 12.6 Å². The Morgan fingerprint density at radius 3 is 2.79 bits per heavy atom. The monoisotopic (exact) mass is 194 g/mol. The summed E-state index contributed by atoms with van der Waals surface area (Å²) in [5.74, 6) is 0.847. The van der Waals surface area contributed by atoms with E-state index in [0.717, 1.165) is 31.3 Å². The number of nitriles is 1. The molecule has 2 nitrogen and oxygen atoms in total. The maximum atomic E-state index is 8.39. The molecule has 80 valence electrons. The van der Waals surface area contributed by atoms with Gasteiger partial charge in [-0.25, -0.2) is 0 Å². The van der Waals surface area contributed by atoms with Crippen LogP contribution in [0.1, 0.15) is 51.9 Å². The summed E-state index contributed by atoms with van der Waals surface area (Å²) >= 11 is 0. The van der Waals surface area contributed by atoms with Crippen LogP contribution in [-0.2, 0) is 0 Å². The zero-order valence-corrected chi connectivity index (χ0v) is 9.26. The van der Waals surface area contributed by atoms with Crippen molar-refractivity contribution < 1.29 is 0 Å². The maximum Gasteiger partial charge on any atom is 0.0621 e. The molecular formula is C12H22N2. The molecule has 1 rings (SSSR count). The van der Waals surface area contributed by atoms with Gasteiger partial charge in [0.25, 0.3) is 0 Å². The number of hydrogen-bond donors (Lipinski definition) is 1. The zero-order chi connectivity index (χ0) is 10.2. The number of rotatable bonds is 5. The van der Waals surface area contributed by atoms with Gasteiger partial charge in [0, 0.05) is 12.5 Å². The molecule has 2 atom stereocenters. The third kappa shape index (κ3) is 4.11. The number of nitrogens with zero attached hydrogens (tertiary/aromatic N) is 1. The zero-order valence-electron chi connectivity index (χ0n) is 9.26. The molecule has 2 heteroatoms. The Kier molecular flexibility index (Phi) is 5.63. The van der Waals surface area contributed by atoms with E-state index in [9.17, 15) is 0 Å². The van der Waals surface area contributed by atoms with Gasteiger partial charge >= 0.3 is 0 Å². The van der Waals surface area contributed by atoms with Crippen LogP contribution < -0.4 is 5.32 Å². The number of nitrogens with one attached hydrogen (secondary N) is 1. The molecule has 0 heterocycles. The molecular weight excluding hydrogens is 172 g/mol. The minimum absolute atomic E-state index is 0.710. The highest BCUT2D eigenvalue weighted by atomic mass is 14.9. The van der Waals surface area contributed by atoms with E-state index < -0.39 is 0 Å². The van der Waals surface area contributed by atoms with Crippen LogP contribution >= 0.6 is 0 Å². The Balaban J connectivity index is 2.02. The quantitative estimate of drug-likeness (QED) is 0.683. The van der Waals surface area contributed by atoms with E-state index in [2.05, 4.69) is 18.3 Å². The lowest BCUT2D eigenvalue weighted by atomic mass is 9.86. The molecule has 1 aliphatic rings. The van der Waals surface area contributed by atoms with Crippen molar-refractivity contribution in [1.82, 2.24) is 5.32 Å². The summed E-state index contributed by atoms with van der Waals surface area (Å²) in [6.07, 6.45) is 8.44. The van der Waals surface area contributed by atoms with E-state index in [0.29, 0.717) is 6.42 Å². The summed E-state index contributed by atoms with van der Waals surface area (Å²) < 4.78 is 0. The highest BCUT2D eigenvalue weighted by Crippen LogP contribution is 2.23. The largest absolute Gasteiger partial charge is 0.314 e. The maximum absolute atomic E-state index is 8.39. The van der Waals surface area contributed by atoms with Crippen molar-refractivity contribution in [3.05, 3.63) is 0 Å². The van der Waals surface area contributed by atoms with Gasteiger partial charge in [0.15, 0.2) is 0 Å². The van der Waals surface area contributed by atoms with Crippen molar-refractivity contribution in [1.29, 1.82) is 5.26 Å². The van der Waals surface area contributed by atoms with Crippen LogP contribution in [0.25, 0.3) is 0 Å². The second-order valence-electron chi connectivity index (χ2n) is 4.44. The van der Waals surface area contributed by atoms with Crippen LogP contribution in [0.5, 0.6) is 0 Å². The van der Waals surface area contributed by atoms with Crippen molar-refractivity contribution in [2.45, 2.75) is 57.9 Å². The molecule has 14 heavy (non-hydrogen) atoms. The van der Waals surface area contributed by atoms with Crippen LogP contribution in [0.15, 0.2) is 0 Å². The first-order chi connectivity index (χ1) is 6.84. The number of unbranched alkanes of at least 4 members (excludes halogenated alkanes) is 2. The van der Waals surface area contributed by atoms with Gasteiger partial charge in [-0.05, 0) is 38.1 Å². The van der Waals surface area contributed by atoms with E-state index in [-0.39, 0.29) is 0 Å². The molecule has 1 saturated carbocycles. The van der Waals surface area contributed by atoms with E-state index in [1.807, 2.05) is 0 Å². The molecule has 1 aliphatic carbocycles. The van der Waals surface area contributed by atoms with Crippen LogP contribution in [0.3, 0.4) is 0 Å². The lowest BCUT2D eigenvalue weighted by Gasteiger charge is -2.29. The number of hydrogen-bond acceptors (Lipinski definition) is 2. The van der Waals surface area contributed by atoms with Crippen LogP contribution in [0, 0.1) is 17.2 Å². The van der Waals surface area contributed by atoms with Gasteiger partial charge in [0.1, 0.15) is 0 Å². The van der Waals surface area contributed by atoms with E-state index in [1.54, 1.807) is 0 Å². The molecule has 0 amide bonds. The predicted molar refractivity (Wildman–Crippen MR) is 58.9 cm³/mol. The summed E-state index contributed by atoms with van der Waals surface area (Å²) in [6, 6.07) is 2.93. The first kappa shape index (κ1) is 11.5. The second kappa shape index (κ2) is 6.84. The molecule has 0 radical (unpaired) electrons. The smallest absolute Gasteiger partial charge is 0.0621 e. The molecule has 0 bridgehead atoms. The summed E-state index contributed by atoms with van der Waals surface area (Å²) in [5, 5.41) is 12.0. The first-order valence-corrected chi connectivity index (χ1v) is 5.95. The van der Waals surface area contributed by atoms with Gasteiger partial charge in [-0.1, -0.05) is 19.8 Å². The fourth-order valence-corrected chi connectivity index (χ4v) is 2.24. The van der Waals surface area contributed by atoms with E-state index >= 15 is 0 Å². The summed E-state index contributed by atoms with van der Waals surface area (Å²) in [4.78, 5) is 0. The third-order valence-electron chi connectivity index (χ3n) is 3.23. The summed E-state index contributed by atoms with van der Waals surface area (Å²) in [7, 11) is 0. The molecule has 1 N–H and O–H groups in total. The molecule has 0 aromatic carbocycles. The Morgan fingerprint density at radius 1 is 1.29 bits per heavy atom. The van der Waals surface area contributed by atoms with Crippen LogP contribution in [0.2, 0.25) is 0 Å². The van der Waals surface area contributed by atoms with Gasteiger partial charge in [0.2, 0.25) is 0 Å². The molecule has 0 aliphatic heterocycles. The summed E-state index contributed by atoms with van der Waals surface area (Å²) in [6.45, 7) is 3.45. The van der Waals surface area contributed by atoms with Crippen LogP contribution in [0.4, 0.5) is 0 Å². The van der Waals surface area contributed by atoms with Gasteiger partial charge in [0.05, 0.1) is 6.07 Å². The van der Waals surface area contributed by atoms with Crippen molar-refractivity contribution >= 4 is 0 Å². The predicted octanol–water partition coefficient (Wildman–Crippen LogP) is 2.85. The average Bonchev–Trinajstić information content (AvgIpc) is 2.20. The minimum Gasteiger partial charge on any atom is -0.314 e. The Labute approximate surface area is 87.7 Å². The highest BCUT2D eigenvalue weighted by Gasteiger charge is 2.19. The normalized spacial score (nSPS) is 27.1. The van der Waals surface area contributed by atoms with E-state index in [1.165, 1.54) is 25.7 Å². The van der Waals surface area contributed by atoms with Gasteiger partial charge in [-0.3, -0.25) is 0 Å². The molecule has 0 aromatic heterocycles. The Bertz CT molecular complexity index is 183. The fraction of sp³-hybridized carbons (Fsp3) is 0.917. The van der Waals surface area contributed by atoms with Crippen molar-refractivity contribution in [3.63, 3.8) is 0 Å². The molecule has 0 saturated heterocycles. The average molecular weight is 194 g/mol. The minimum atomic E-state index is 0.710. The standard InChI is InChI=1S/C12H22N2/c1-11-7-3-4-8-12(11)14-10-6-2-5-9-13/h11-12,14H,2-8,10H2,1H3. The SMILES string of the molecule is CC1CCCCC1NCCCCC#N. The Morgan fingerprint density at radius 2 is 2.07 bits per heavy atom. The van der Waals surface area contributed by atoms with Gasteiger partial charge in [-0.2, -0.15) is 5.26 Å². The Hall–Kier alpha value is -0.550. The lowest BCUT2D eigenvalue weighted by Crippen LogP contribution is -2.37. The van der Waals surface area contributed by atoms with Gasteiger partial charge in [-0.15, -0.1) is 0 Å².